The molecule has 0 aromatic heterocycles. The summed E-state index contributed by atoms with van der Waals surface area (Å²) in [7, 11) is 3.72. The molecule has 0 radical (unpaired) electrons. The molecule has 6 heteroatoms. The number of benzene rings is 2. The predicted molar refractivity (Wildman–Crippen MR) is 110 cm³/mol. The highest BCUT2D eigenvalue weighted by Crippen LogP contribution is 2.22. The number of ether oxygens (including phenoxy) is 1. The Morgan fingerprint density at radius 1 is 1.20 bits per heavy atom. The Bertz CT molecular complexity index is 716. The van der Waals surface area contributed by atoms with Crippen LogP contribution in [0, 0.1) is 0 Å². The molecule has 2 aromatic rings. The molecule has 25 heavy (non-hydrogen) atoms. The molecule has 132 valence electrons. The van der Waals surface area contributed by atoms with E-state index in [2.05, 4.69) is 46.8 Å². The number of thiocarbonyl (C=S) groups is 1. The third kappa shape index (κ3) is 5.76. The molecule has 5 nitrogen and oxygen atoms in total. The van der Waals surface area contributed by atoms with E-state index in [9.17, 15) is 0 Å². The van der Waals surface area contributed by atoms with Gasteiger partial charge in [-0.05, 0) is 48.5 Å². The van der Waals surface area contributed by atoms with Gasteiger partial charge in [0.2, 0.25) is 0 Å². The first kappa shape index (κ1) is 18.7. The molecular weight excluding hydrogens is 332 g/mol. The number of rotatable bonds is 7. The van der Waals surface area contributed by atoms with Crippen molar-refractivity contribution in [2.24, 2.45) is 5.10 Å². The molecule has 0 fully saturated rings. The Balaban J connectivity index is 1.88. The zero-order valence-corrected chi connectivity index (χ0v) is 15.6. The number of hydrogen-bond donors (Lipinski definition) is 2. The van der Waals surface area contributed by atoms with Crippen LogP contribution >= 0.6 is 12.2 Å². The van der Waals surface area contributed by atoms with Crippen LogP contribution in [0.25, 0.3) is 0 Å². The second-order valence-corrected chi connectivity index (χ2v) is 5.95. The van der Waals surface area contributed by atoms with Gasteiger partial charge in [0.25, 0.3) is 0 Å². The zero-order chi connectivity index (χ0) is 18.1. The number of methoxy groups -OCH3 is 1. The summed E-state index contributed by atoms with van der Waals surface area (Å²) in [5.41, 5.74) is 5.80. The lowest BCUT2D eigenvalue weighted by Gasteiger charge is -2.18. The number of hydrogen-bond acceptors (Lipinski definition) is 4. The molecule has 0 atom stereocenters. The summed E-state index contributed by atoms with van der Waals surface area (Å²) in [4.78, 5) is 2.23. The Kier molecular flexibility index (Phi) is 7.22. The van der Waals surface area contributed by atoms with Crippen LogP contribution in [0.2, 0.25) is 0 Å². The summed E-state index contributed by atoms with van der Waals surface area (Å²) < 4.78 is 5.28. The number of para-hydroxylation sites is 2. The van der Waals surface area contributed by atoms with E-state index in [-0.39, 0.29) is 0 Å². The third-order valence-electron chi connectivity index (χ3n) is 3.63. The van der Waals surface area contributed by atoms with E-state index in [1.807, 2.05) is 36.4 Å². The van der Waals surface area contributed by atoms with Gasteiger partial charge in [-0.2, -0.15) is 5.10 Å². The summed E-state index contributed by atoms with van der Waals surface area (Å²) in [6.07, 6.45) is 2.86. The molecule has 2 N–H and O–H groups in total. The Hall–Kier alpha value is -2.60. The highest BCUT2D eigenvalue weighted by molar-refractivity contribution is 7.80. The molecule has 2 aromatic carbocycles. The Morgan fingerprint density at radius 3 is 2.60 bits per heavy atom. The van der Waals surface area contributed by atoms with Crippen molar-refractivity contribution in [2.75, 3.05) is 30.9 Å². The van der Waals surface area contributed by atoms with Crippen molar-refractivity contribution < 1.29 is 4.74 Å². The second-order valence-electron chi connectivity index (χ2n) is 5.54. The molecule has 0 heterocycles. The molecule has 0 unspecified atom stereocenters. The minimum atomic E-state index is 0.403. The largest absolute Gasteiger partial charge is 0.495 e. The smallest absolute Gasteiger partial charge is 0.191 e. The van der Waals surface area contributed by atoms with Crippen molar-refractivity contribution in [3.63, 3.8) is 0 Å². The lowest BCUT2D eigenvalue weighted by atomic mass is 10.2. The fraction of sp³-hybridized carbons (Fsp3) is 0.263. The molecule has 0 spiro atoms. The lowest BCUT2D eigenvalue weighted by molar-refractivity contribution is 0.417. The standard InChI is InChI=1S/C19H24N4OS/c1-4-13-23(2)16-11-9-15(10-12-16)14-20-22-19(25)21-17-7-5-6-8-18(17)24-3/h5-12,14H,4,13H2,1-3H3,(H2,21,22,25)/b20-14-. The molecule has 0 amide bonds. The van der Waals surface area contributed by atoms with Crippen molar-refractivity contribution in [1.29, 1.82) is 0 Å². The maximum atomic E-state index is 5.28. The van der Waals surface area contributed by atoms with Gasteiger partial charge in [-0.1, -0.05) is 31.2 Å². The van der Waals surface area contributed by atoms with Crippen molar-refractivity contribution >= 4 is 34.9 Å². The molecule has 0 aliphatic heterocycles. The molecule has 2 rings (SSSR count). The Morgan fingerprint density at radius 2 is 1.92 bits per heavy atom. The summed E-state index contributed by atoms with van der Waals surface area (Å²) in [5, 5.41) is 7.63. The number of hydrazone groups is 1. The summed E-state index contributed by atoms with van der Waals surface area (Å²) in [6.45, 7) is 3.21. The van der Waals surface area contributed by atoms with Crippen molar-refractivity contribution in [2.45, 2.75) is 13.3 Å². The van der Waals surface area contributed by atoms with E-state index in [0.717, 1.165) is 30.0 Å². The molecule has 0 bridgehead atoms. The summed E-state index contributed by atoms with van der Waals surface area (Å²) in [5.74, 6) is 0.724. The van der Waals surface area contributed by atoms with Gasteiger partial charge in [0.05, 0.1) is 19.0 Å². The van der Waals surface area contributed by atoms with Gasteiger partial charge in [0.15, 0.2) is 5.11 Å². The highest BCUT2D eigenvalue weighted by atomic mass is 32.1. The minimum Gasteiger partial charge on any atom is -0.495 e. The highest BCUT2D eigenvalue weighted by Gasteiger charge is 2.02. The lowest BCUT2D eigenvalue weighted by Crippen LogP contribution is -2.24. The predicted octanol–water partition coefficient (Wildman–Crippen LogP) is 3.86. The Labute approximate surface area is 154 Å². The van der Waals surface area contributed by atoms with E-state index in [0.29, 0.717) is 5.11 Å². The maximum absolute atomic E-state index is 5.28. The topological polar surface area (TPSA) is 48.9 Å². The maximum Gasteiger partial charge on any atom is 0.191 e. The van der Waals surface area contributed by atoms with E-state index >= 15 is 0 Å². The van der Waals surface area contributed by atoms with Crippen molar-refractivity contribution in [1.82, 2.24) is 5.43 Å². The van der Waals surface area contributed by atoms with E-state index in [1.54, 1.807) is 13.3 Å². The number of nitrogens with one attached hydrogen (secondary N) is 2. The average Bonchev–Trinajstić information content (AvgIpc) is 2.63. The van der Waals surface area contributed by atoms with Crippen LogP contribution in [-0.4, -0.2) is 32.0 Å². The molecule has 0 aliphatic rings. The first-order chi connectivity index (χ1) is 12.1. The average molecular weight is 356 g/mol. The van der Waals surface area contributed by atoms with Gasteiger partial charge in [-0.25, -0.2) is 0 Å². The van der Waals surface area contributed by atoms with Crippen LogP contribution in [0.15, 0.2) is 53.6 Å². The van der Waals surface area contributed by atoms with Crippen LogP contribution in [-0.2, 0) is 0 Å². The van der Waals surface area contributed by atoms with Gasteiger partial charge in [-0.3, -0.25) is 5.43 Å². The van der Waals surface area contributed by atoms with Crippen LogP contribution in [0.5, 0.6) is 5.75 Å². The first-order valence-electron chi connectivity index (χ1n) is 8.18. The molecule has 0 saturated heterocycles. The van der Waals surface area contributed by atoms with Crippen molar-refractivity contribution in [3.8, 4) is 5.75 Å². The number of anilines is 2. The van der Waals surface area contributed by atoms with Gasteiger partial charge in [0, 0.05) is 19.3 Å². The van der Waals surface area contributed by atoms with E-state index < -0.39 is 0 Å². The van der Waals surface area contributed by atoms with Crippen LogP contribution in [0.1, 0.15) is 18.9 Å². The van der Waals surface area contributed by atoms with Crippen molar-refractivity contribution in [3.05, 3.63) is 54.1 Å². The van der Waals surface area contributed by atoms with Gasteiger partial charge < -0.3 is 15.0 Å². The minimum absolute atomic E-state index is 0.403. The summed E-state index contributed by atoms with van der Waals surface area (Å²) >= 11 is 5.24. The van der Waals surface area contributed by atoms with Crippen LogP contribution in [0.4, 0.5) is 11.4 Å². The summed E-state index contributed by atoms with van der Waals surface area (Å²) in [6, 6.07) is 15.8. The zero-order valence-electron chi connectivity index (χ0n) is 14.8. The first-order valence-corrected chi connectivity index (χ1v) is 8.59. The van der Waals surface area contributed by atoms with Crippen LogP contribution in [0.3, 0.4) is 0 Å². The third-order valence-corrected chi connectivity index (χ3v) is 3.82. The van der Waals surface area contributed by atoms with Gasteiger partial charge in [0.1, 0.15) is 5.75 Å². The quantitative estimate of drug-likeness (QED) is 0.448. The van der Waals surface area contributed by atoms with E-state index in [4.69, 9.17) is 17.0 Å². The normalized spacial score (nSPS) is 10.5. The fourth-order valence-electron chi connectivity index (χ4n) is 2.34. The van der Waals surface area contributed by atoms with Gasteiger partial charge in [-0.15, -0.1) is 0 Å². The molecule has 0 aliphatic carbocycles. The van der Waals surface area contributed by atoms with Gasteiger partial charge >= 0.3 is 0 Å². The monoisotopic (exact) mass is 356 g/mol. The second kappa shape index (κ2) is 9.64. The van der Waals surface area contributed by atoms with E-state index in [1.165, 1.54) is 5.69 Å². The number of nitrogens with zero attached hydrogens (tertiary/aromatic N) is 2. The fourth-order valence-corrected chi connectivity index (χ4v) is 2.51. The SMILES string of the molecule is CCCN(C)c1ccc(/C=N\NC(=S)Nc2ccccc2OC)cc1. The molecular formula is C19H24N4OS. The van der Waals surface area contributed by atoms with Crippen LogP contribution < -0.4 is 20.4 Å². The molecule has 0 saturated carbocycles.